The van der Waals surface area contributed by atoms with Crippen molar-refractivity contribution in [1.29, 1.82) is 0 Å². The molecule has 0 aliphatic carbocycles. The maximum atomic E-state index is 5.84. The van der Waals surface area contributed by atoms with E-state index in [9.17, 15) is 0 Å². The molecule has 3 aromatic carbocycles. The Morgan fingerprint density at radius 3 is 1.71 bits per heavy atom. The fraction of sp³-hybridized carbons (Fsp3) is 0.0526. The topological polar surface area (TPSA) is 21.3 Å². The van der Waals surface area contributed by atoms with Crippen molar-refractivity contribution >= 4 is 5.69 Å². The molecule has 0 fully saturated rings. The third kappa shape index (κ3) is 3.23. The van der Waals surface area contributed by atoms with Gasteiger partial charge in [0.15, 0.2) is 0 Å². The van der Waals surface area contributed by atoms with Crippen LogP contribution >= 0.6 is 0 Å². The summed E-state index contributed by atoms with van der Waals surface area (Å²) in [5, 5.41) is 3.09. The second-order valence-corrected chi connectivity index (χ2v) is 4.77. The van der Waals surface area contributed by atoms with Crippen molar-refractivity contribution in [2.24, 2.45) is 0 Å². The van der Waals surface area contributed by atoms with E-state index in [1.54, 1.807) is 0 Å². The van der Waals surface area contributed by atoms with Crippen LogP contribution in [0.4, 0.5) is 5.69 Å². The largest absolute Gasteiger partial charge is 0.457 e. The third-order valence-corrected chi connectivity index (χ3v) is 3.34. The number of rotatable bonds is 4. The summed E-state index contributed by atoms with van der Waals surface area (Å²) in [6.07, 6.45) is 0. The molecule has 0 spiro atoms. The summed E-state index contributed by atoms with van der Waals surface area (Å²) in [7, 11) is 1.90. The van der Waals surface area contributed by atoms with E-state index in [1.165, 1.54) is 11.1 Å². The summed E-state index contributed by atoms with van der Waals surface area (Å²) in [6.45, 7) is 0. The van der Waals surface area contributed by atoms with E-state index in [-0.39, 0.29) is 0 Å². The van der Waals surface area contributed by atoms with Crippen molar-refractivity contribution in [2.75, 3.05) is 12.4 Å². The molecule has 2 nitrogen and oxygen atoms in total. The minimum absolute atomic E-state index is 0.835. The second-order valence-electron chi connectivity index (χ2n) is 4.77. The fourth-order valence-corrected chi connectivity index (χ4v) is 2.17. The van der Waals surface area contributed by atoms with Crippen LogP contribution in [-0.4, -0.2) is 7.05 Å². The van der Waals surface area contributed by atoms with Gasteiger partial charge in [0.2, 0.25) is 0 Å². The van der Waals surface area contributed by atoms with Crippen LogP contribution in [0.5, 0.6) is 11.5 Å². The van der Waals surface area contributed by atoms with Gasteiger partial charge < -0.3 is 10.1 Å². The number of anilines is 1. The lowest BCUT2D eigenvalue weighted by Gasteiger charge is -2.08. The lowest BCUT2D eigenvalue weighted by molar-refractivity contribution is 0.483. The average Bonchev–Trinajstić information content (AvgIpc) is 2.57. The Labute approximate surface area is 125 Å². The Hall–Kier alpha value is -2.74. The zero-order valence-corrected chi connectivity index (χ0v) is 11.9. The molecule has 0 aromatic heterocycles. The smallest absolute Gasteiger partial charge is 0.127 e. The molecular formula is C19H17NO. The lowest BCUT2D eigenvalue weighted by Crippen LogP contribution is -1.88. The van der Waals surface area contributed by atoms with Gasteiger partial charge in [-0.3, -0.25) is 0 Å². The van der Waals surface area contributed by atoms with Crippen molar-refractivity contribution in [3.8, 4) is 22.6 Å². The first kappa shape index (κ1) is 13.3. The Balaban J connectivity index is 1.75. The molecule has 0 bridgehead atoms. The van der Waals surface area contributed by atoms with Gasteiger partial charge in [0.05, 0.1) is 0 Å². The standard InChI is InChI=1S/C19H17NO/c1-20-17-9-13-19(14-10-17)21-18-11-7-16(8-12-18)15-5-3-2-4-6-15/h2-14,20H,1H3. The van der Waals surface area contributed by atoms with Crippen LogP contribution in [0.1, 0.15) is 0 Å². The van der Waals surface area contributed by atoms with Gasteiger partial charge in [0.25, 0.3) is 0 Å². The van der Waals surface area contributed by atoms with E-state index in [1.807, 2.05) is 61.6 Å². The highest BCUT2D eigenvalue weighted by atomic mass is 16.5. The summed E-state index contributed by atoms with van der Waals surface area (Å²) in [5.74, 6) is 1.67. The number of hydrogen-bond donors (Lipinski definition) is 1. The highest BCUT2D eigenvalue weighted by molar-refractivity contribution is 5.64. The normalized spacial score (nSPS) is 10.1. The highest BCUT2D eigenvalue weighted by Crippen LogP contribution is 2.26. The molecular weight excluding hydrogens is 258 g/mol. The highest BCUT2D eigenvalue weighted by Gasteiger charge is 2.00. The third-order valence-electron chi connectivity index (χ3n) is 3.34. The van der Waals surface area contributed by atoms with Gasteiger partial charge in [-0.25, -0.2) is 0 Å². The van der Waals surface area contributed by atoms with Crippen LogP contribution in [0, 0.1) is 0 Å². The van der Waals surface area contributed by atoms with Crippen LogP contribution in [0.25, 0.3) is 11.1 Å². The summed E-state index contributed by atoms with van der Waals surface area (Å²) in [4.78, 5) is 0. The van der Waals surface area contributed by atoms with Crippen molar-refractivity contribution in [3.05, 3.63) is 78.9 Å². The van der Waals surface area contributed by atoms with Gasteiger partial charge in [0.1, 0.15) is 11.5 Å². The molecule has 3 rings (SSSR count). The Kier molecular flexibility index (Phi) is 3.88. The number of nitrogens with one attached hydrogen (secondary N) is 1. The Bertz CT molecular complexity index is 688. The zero-order chi connectivity index (χ0) is 14.5. The summed E-state index contributed by atoms with van der Waals surface area (Å²) in [5.41, 5.74) is 3.47. The first-order valence-corrected chi connectivity index (χ1v) is 6.96. The van der Waals surface area contributed by atoms with Crippen molar-refractivity contribution in [3.63, 3.8) is 0 Å². The molecule has 0 heterocycles. The Morgan fingerprint density at radius 2 is 1.14 bits per heavy atom. The molecule has 0 aliphatic rings. The predicted octanol–water partition coefficient (Wildman–Crippen LogP) is 5.19. The molecule has 1 N–H and O–H groups in total. The van der Waals surface area contributed by atoms with Gasteiger partial charge in [-0.1, -0.05) is 42.5 Å². The van der Waals surface area contributed by atoms with Gasteiger partial charge in [-0.2, -0.15) is 0 Å². The summed E-state index contributed by atoms with van der Waals surface area (Å²) < 4.78 is 5.84. The van der Waals surface area contributed by atoms with Crippen LogP contribution in [0.3, 0.4) is 0 Å². The minimum Gasteiger partial charge on any atom is -0.457 e. The lowest BCUT2D eigenvalue weighted by atomic mass is 10.1. The van der Waals surface area contributed by atoms with E-state index < -0.39 is 0 Å². The van der Waals surface area contributed by atoms with Gasteiger partial charge in [-0.05, 0) is 47.5 Å². The van der Waals surface area contributed by atoms with Gasteiger partial charge >= 0.3 is 0 Å². The van der Waals surface area contributed by atoms with Crippen molar-refractivity contribution < 1.29 is 4.74 Å². The van der Waals surface area contributed by atoms with Gasteiger partial charge in [-0.15, -0.1) is 0 Å². The molecule has 0 saturated heterocycles. The van der Waals surface area contributed by atoms with Crippen molar-refractivity contribution in [2.45, 2.75) is 0 Å². The molecule has 104 valence electrons. The first-order chi connectivity index (χ1) is 10.3. The maximum absolute atomic E-state index is 5.84. The zero-order valence-electron chi connectivity index (χ0n) is 11.9. The van der Waals surface area contributed by atoms with E-state index >= 15 is 0 Å². The average molecular weight is 275 g/mol. The van der Waals surface area contributed by atoms with E-state index in [4.69, 9.17) is 4.74 Å². The molecule has 0 unspecified atom stereocenters. The monoisotopic (exact) mass is 275 g/mol. The fourth-order valence-electron chi connectivity index (χ4n) is 2.17. The van der Waals surface area contributed by atoms with E-state index in [0.29, 0.717) is 0 Å². The predicted molar refractivity (Wildman–Crippen MR) is 87.9 cm³/mol. The van der Waals surface area contributed by atoms with E-state index in [0.717, 1.165) is 17.2 Å². The molecule has 0 amide bonds. The molecule has 0 radical (unpaired) electrons. The van der Waals surface area contributed by atoms with Crippen LogP contribution in [-0.2, 0) is 0 Å². The summed E-state index contributed by atoms with van der Waals surface area (Å²) in [6, 6.07) is 26.4. The van der Waals surface area contributed by atoms with Crippen molar-refractivity contribution in [1.82, 2.24) is 0 Å². The number of benzene rings is 3. The molecule has 21 heavy (non-hydrogen) atoms. The number of ether oxygens (including phenoxy) is 1. The molecule has 2 heteroatoms. The molecule has 0 saturated carbocycles. The quantitative estimate of drug-likeness (QED) is 0.707. The maximum Gasteiger partial charge on any atom is 0.127 e. The second kappa shape index (κ2) is 6.14. The SMILES string of the molecule is CNc1ccc(Oc2ccc(-c3ccccc3)cc2)cc1. The number of hydrogen-bond acceptors (Lipinski definition) is 2. The van der Waals surface area contributed by atoms with Crippen LogP contribution in [0.2, 0.25) is 0 Å². The Morgan fingerprint density at radius 1 is 0.619 bits per heavy atom. The molecule has 3 aromatic rings. The van der Waals surface area contributed by atoms with Gasteiger partial charge in [0, 0.05) is 12.7 Å². The molecule has 0 atom stereocenters. The van der Waals surface area contributed by atoms with Crippen LogP contribution in [0.15, 0.2) is 78.9 Å². The molecule has 0 aliphatic heterocycles. The summed E-state index contributed by atoms with van der Waals surface area (Å²) >= 11 is 0. The van der Waals surface area contributed by atoms with Crippen LogP contribution < -0.4 is 10.1 Å². The van der Waals surface area contributed by atoms with E-state index in [2.05, 4.69) is 29.6 Å². The first-order valence-electron chi connectivity index (χ1n) is 6.96. The minimum atomic E-state index is 0.835.